The van der Waals surface area contributed by atoms with Crippen molar-refractivity contribution >= 4 is 0 Å². The van der Waals surface area contributed by atoms with Gasteiger partial charge in [0.25, 0.3) is 0 Å². The normalized spacial score (nSPS) is 17.7. The first-order chi connectivity index (χ1) is 8.83. The first-order valence-corrected chi connectivity index (χ1v) is 6.54. The van der Waals surface area contributed by atoms with Gasteiger partial charge in [0.1, 0.15) is 0 Å². The third kappa shape index (κ3) is 1.81. The quantitative estimate of drug-likeness (QED) is 0.821. The second-order valence-corrected chi connectivity index (χ2v) is 4.81. The van der Waals surface area contributed by atoms with Gasteiger partial charge in [0.05, 0.1) is 7.11 Å². The summed E-state index contributed by atoms with van der Waals surface area (Å²) in [5.74, 6) is 2.46. The molecule has 0 saturated heterocycles. The highest BCUT2D eigenvalue weighted by atomic mass is 16.7. The molecule has 0 bridgehead atoms. The van der Waals surface area contributed by atoms with E-state index < -0.39 is 0 Å². The van der Waals surface area contributed by atoms with Gasteiger partial charge in [-0.05, 0) is 31.0 Å². The molecule has 0 radical (unpaired) electrons. The maximum Gasteiger partial charge on any atom is 0.231 e. The van der Waals surface area contributed by atoms with Crippen molar-refractivity contribution < 1.29 is 14.2 Å². The molecule has 98 valence electrons. The Balaban J connectivity index is 1.99. The van der Waals surface area contributed by atoms with Crippen LogP contribution < -0.4 is 14.2 Å². The van der Waals surface area contributed by atoms with Crippen molar-refractivity contribution in [2.45, 2.75) is 26.3 Å². The van der Waals surface area contributed by atoms with E-state index in [9.17, 15) is 0 Å². The zero-order valence-electron chi connectivity index (χ0n) is 11.0. The summed E-state index contributed by atoms with van der Waals surface area (Å²) in [6, 6.07) is 2.11. The molecule has 0 amide bonds. The van der Waals surface area contributed by atoms with Crippen molar-refractivity contribution in [1.29, 1.82) is 0 Å². The highest BCUT2D eigenvalue weighted by molar-refractivity contribution is 5.60. The van der Waals surface area contributed by atoms with Gasteiger partial charge < -0.3 is 14.2 Å². The molecular formula is C14H19NO3. The number of benzene rings is 1. The Bertz CT molecular complexity index is 459. The average Bonchev–Trinajstić information content (AvgIpc) is 2.84. The summed E-state index contributed by atoms with van der Waals surface area (Å²) in [5.41, 5.74) is 2.60. The second kappa shape index (κ2) is 4.69. The molecule has 3 rings (SSSR count). The van der Waals surface area contributed by atoms with Crippen molar-refractivity contribution in [3.8, 4) is 17.2 Å². The molecule has 4 heteroatoms. The molecule has 0 unspecified atom stereocenters. The zero-order valence-corrected chi connectivity index (χ0v) is 11.0. The smallest absolute Gasteiger partial charge is 0.231 e. The minimum absolute atomic E-state index is 0.299. The third-order valence-electron chi connectivity index (χ3n) is 3.64. The summed E-state index contributed by atoms with van der Waals surface area (Å²) in [7, 11) is 1.70. The number of nitrogens with zero attached hydrogens (tertiary/aromatic N) is 1. The van der Waals surface area contributed by atoms with Gasteiger partial charge in [-0.2, -0.15) is 0 Å². The first kappa shape index (κ1) is 11.7. The van der Waals surface area contributed by atoms with Crippen LogP contribution in [-0.2, 0) is 13.0 Å². The minimum Gasteiger partial charge on any atom is -0.492 e. The Kier molecular flexibility index (Phi) is 3.04. The lowest BCUT2D eigenvalue weighted by atomic mass is 9.97. The fraction of sp³-hybridized carbons (Fsp3) is 0.571. The molecule has 1 aromatic rings. The lowest BCUT2D eigenvalue weighted by Gasteiger charge is -2.29. The Morgan fingerprint density at radius 1 is 1.39 bits per heavy atom. The molecule has 0 aromatic heterocycles. The first-order valence-electron chi connectivity index (χ1n) is 6.54. The van der Waals surface area contributed by atoms with Gasteiger partial charge in [-0.3, -0.25) is 4.90 Å². The van der Waals surface area contributed by atoms with E-state index in [1.54, 1.807) is 7.11 Å². The van der Waals surface area contributed by atoms with Gasteiger partial charge in [0.15, 0.2) is 11.5 Å². The third-order valence-corrected chi connectivity index (χ3v) is 3.64. The predicted molar refractivity (Wildman–Crippen MR) is 68.4 cm³/mol. The van der Waals surface area contributed by atoms with Crippen molar-refractivity contribution in [2.24, 2.45) is 0 Å². The van der Waals surface area contributed by atoms with E-state index >= 15 is 0 Å². The van der Waals surface area contributed by atoms with E-state index in [4.69, 9.17) is 14.2 Å². The molecule has 2 heterocycles. The van der Waals surface area contributed by atoms with Crippen molar-refractivity contribution in [1.82, 2.24) is 4.90 Å². The highest BCUT2D eigenvalue weighted by Gasteiger charge is 2.28. The molecule has 0 aliphatic carbocycles. The summed E-state index contributed by atoms with van der Waals surface area (Å²) in [6.45, 7) is 5.71. The van der Waals surface area contributed by atoms with Gasteiger partial charge in [-0.25, -0.2) is 0 Å². The largest absolute Gasteiger partial charge is 0.492 e. The number of methoxy groups -OCH3 is 1. The molecule has 0 saturated carbocycles. The standard InChI is InChI=1S/C14H19NO3/c1-3-5-15-6-4-10-7-12-14(18-9-17-12)13(16-2)11(10)8-15/h7H,3-6,8-9H2,1-2H3. The van der Waals surface area contributed by atoms with Crippen LogP contribution in [0.15, 0.2) is 6.07 Å². The minimum atomic E-state index is 0.299. The summed E-state index contributed by atoms with van der Waals surface area (Å²) in [5, 5.41) is 0. The van der Waals surface area contributed by atoms with Crippen LogP contribution in [0.1, 0.15) is 24.5 Å². The van der Waals surface area contributed by atoms with Gasteiger partial charge in [-0.1, -0.05) is 6.92 Å². The summed E-state index contributed by atoms with van der Waals surface area (Å²) in [6.07, 6.45) is 2.24. The van der Waals surface area contributed by atoms with Crippen molar-refractivity contribution in [2.75, 3.05) is 27.0 Å². The number of hydrogen-bond donors (Lipinski definition) is 0. The molecule has 2 aliphatic rings. The van der Waals surface area contributed by atoms with Crippen LogP contribution in [0.3, 0.4) is 0 Å². The van der Waals surface area contributed by atoms with Crippen molar-refractivity contribution in [3.05, 3.63) is 17.2 Å². The maximum absolute atomic E-state index is 5.55. The monoisotopic (exact) mass is 249 g/mol. The van der Waals surface area contributed by atoms with Gasteiger partial charge in [-0.15, -0.1) is 0 Å². The molecular weight excluding hydrogens is 230 g/mol. The fourth-order valence-electron chi connectivity index (χ4n) is 2.80. The summed E-state index contributed by atoms with van der Waals surface area (Å²) < 4.78 is 16.5. The van der Waals surface area contributed by atoms with Gasteiger partial charge in [0, 0.05) is 18.7 Å². The second-order valence-electron chi connectivity index (χ2n) is 4.81. The van der Waals surface area contributed by atoms with Crippen LogP contribution in [0.4, 0.5) is 0 Å². The number of hydrogen-bond acceptors (Lipinski definition) is 4. The number of ether oxygens (including phenoxy) is 3. The van der Waals surface area contributed by atoms with Crippen LogP contribution in [0.25, 0.3) is 0 Å². The molecule has 2 aliphatic heterocycles. The molecule has 4 nitrogen and oxygen atoms in total. The summed E-state index contributed by atoms with van der Waals surface area (Å²) in [4.78, 5) is 2.47. The van der Waals surface area contributed by atoms with Crippen LogP contribution in [0.5, 0.6) is 17.2 Å². The molecule has 0 fully saturated rings. The van der Waals surface area contributed by atoms with E-state index in [-0.39, 0.29) is 0 Å². The fourth-order valence-corrected chi connectivity index (χ4v) is 2.80. The summed E-state index contributed by atoms with van der Waals surface area (Å²) >= 11 is 0. The molecule has 1 aromatic carbocycles. The number of rotatable bonds is 3. The molecule has 18 heavy (non-hydrogen) atoms. The van der Waals surface area contributed by atoms with Crippen LogP contribution >= 0.6 is 0 Å². The molecule has 0 spiro atoms. The van der Waals surface area contributed by atoms with E-state index in [1.165, 1.54) is 17.5 Å². The Morgan fingerprint density at radius 3 is 3.06 bits per heavy atom. The predicted octanol–water partition coefficient (Wildman–Crippen LogP) is 2.19. The van der Waals surface area contributed by atoms with Crippen molar-refractivity contribution in [3.63, 3.8) is 0 Å². The van der Waals surface area contributed by atoms with Gasteiger partial charge >= 0.3 is 0 Å². The highest BCUT2D eigenvalue weighted by Crippen LogP contribution is 2.46. The van der Waals surface area contributed by atoms with Crippen LogP contribution in [-0.4, -0.2) is 31.9 Å². The average molecular weight is 249 g/mol. The van der Waals surface area contributed by atoms with E-state index in [1.807, 2.05) is 0 Å². The Hall–Kier alpha value is -1.42. The van der Waals surface area contributed by atoms with Gasteiger partial charge in [0.2, 0.25) is 12.5 Å². The maximum atomic E-state index is 5.55. The van der Waals surface area contributed by atoms with Crippen LogP contribution in [0, 0.1) is 0 Å². The topological polar surface area (TPSA) is 30.9 Å². The lowest BCUT2D eigenvalue weighted by molar-refractivity contribution is 0.171. The van der Waals surface area contributed by atoms with E-state index in [2.05, 4.69) is 17.9 Å². The Morgan fingerprint density at radius 2 is 2.28 bits per heavy atom. The Labute approximate surface area is 107 Å². The SMILES string of the molecule is CCCN1CCc2cc3c(c(OC)c2C1)OCO3. The molecule has 0 N–H and O–H groups in total. The zero-order chi connectivity index (χ0) is 12.5. The number of fused-ring (bicyclic) bond motifs is 2. The van der Waals surface area contributed by atoms with Crippen LogP contribution in [0.2, 0.25) is 0 Å². The van der Waals surface area contributed by atoms with E-state index in [0.29, 0.717) is 6.79 Å². The lowest BCUT2D eigenvalue weighted by Crippen LogP contribution is -2.31. The van der Waals surface area contributed by atoms with E-state index in [0.717, 1.165) is 43.3 Å². The molecule has 0 atom stereocenters.